The van der Waals surface area contributed by atoms with Crippen LogP contribution in [0.4, 0.5) is 0 Å². The molecule has 0 amide bonds. The number of para-hydroxylation sites is 1. The Morgan fingerprint density at radius 2 is 0.827 bits per heavy atom. The number of benzene rings is 8. The molecule has 0 N–H and O–H groups in total. The number of aromatic nitrogens is 4. The molecule has 0 saturated heterocycles. The molecule has 0 aliphatic carbocycles. The minimum Gasteiger partial charge on any atom is -0.309 e. The summed E-state index contributed by atoms with van der Waals surface area (Å²) in [6.07, 6.45) is 0. The molecule has 12 rings (SSSR count). The molecular formula is C48H28N4. The lowest BCUT2D eigenvalue weighted by atomic mass is 9.95. The van der Waals surface area contributed by atoms with Crippen LogP contribution in [0.25, 0.3) is 110 Å². The average Bonchev–Trinajstić information content (AvgIpc) is 3.74. The maximum Gasteiger partial charge on any atom is 0.165 e. The molecular weight excluding hydrogens is 633 g/mol. The van der Waals surface area contributed by atoms with Crippen molar-refractivity contribution < 1.29 is 0 Å². The Morgan fingerprint density at radius 1 is 0.346 bits per heavy atom. The zero-order chi connectivity index (χ0) is 33.9. The smallest absolute Gasteiger partial charge is 0.165 e. The third-order valence-electron chi connectivity index (χ3n) is 11.0. The van der Waals surface area contributed by atoms with Crippen LogP contribution in [0.15, 0.2) is 170 Å². The molecule has 0 atom stereocenters. The topological polar surface area (TPSA) is 35.6 Å². The second-order valence-electron chi connectivity index (χ2n) is 13.7. The molecule has 0 aliphatic heterocycles. The molecule has 0 saturated carbocycles. The van der Waals surface area contributed by atoms with Gasteiger partial charge in [0.25, 0.3) is 0 Å². The van der Waals surface area contributed by atoms with E-state index in [0.717, 1.165) is 55.6 Å². The summed E-state index contributed by atoms with van der Waals surface area (Å²) >= 11 is 0. The summed E-state index contributed by atoms with van der Waals surface area (Å²) in [4.78, 5) is 11.0. The highest BCUT2D eigenvalue weighted by Crippen LogP contribution is 2.47. The second kappa shape index (κ2) is 10.3. The van der Waals surface area contributed by atoms with Crippen LogP contribution in [0.3, 0.4) is 0 Å². The monoisotopic (exact) mass is 660 g/mol. The summed E-state index contributed by atoms with van der Waals surface area (Å²) in [5.74, 6) is 0.827. The third kappa shape index (κ3) is 3.60. The Hall–Kier alpha value is -7.04. The van der Waals surface area contributed by atoms with Crippen LogP contribution in [0, 0.1) is 0 Å². The fourth-order valence-electron chi connectivity index (χ4n) is 8.92. The summed E-state index contributed by atoms with van der Waals surface area (Å²) in [6, 6.07) is 61.0. The Kier molecular flexibility index (Phi) is 5.47. The van der Waals surface area contributed by atoms with E-state index >= 15 is 0 Å². The summed E-state index contributed by atoms with van der Waals surface area (Å²) < 4.78 is 4.79. The van der Waals surface area contributed by atoms with Gasteiger partial charge in [-0.2, -0.15) is 0 Å². The number of hydrogen-bond donors (Lipinski definition) is 0. The highest BCUT2D eigenvalue weighted by atomic mass is 15.1. The van der Waals surface area contributed by atoms with Crippen molar-refractivity contribution in [2.75, 3.05) is 0 Å². The first-order chi connectivity index (χ1) is 25.8. The summed E-state index contributed by atoms with van der Waals surface area (Å²) in [5, 5.41) is 12.2. The largest absolute Gasteiger partial charge is 0.309 e. The number of hydrogen-bond acceptors (Lipinski definition) is 2. The normalized spacial score (nSPS) is 12.2. The van der Waals surface area contributed by atoms with Gasteiger partial charge in [0.15, 0.2) is 5.82 Å². The highest BCUT2D eigenvalue weighted by molar-refractivity contribution is 6.37. The van der Waals surface area contributed by atoms with Gasteiger partial charge in [-0.1, -0.05) is 127 Å². The number of rotatable bonds is 3. The van der Waals surface area contributed by atoms with Gasteiger partial charge in [0, 0.05) is 38.2 Å². The van der Waals surface area contributed by atoms with Crippen molar-refractivity contribution in [3.63, 3.8) is 0 Å². The van der Waals surface area contributed by atoms with E-state index in [4.69, 9.17) is 9.97 Å². The van der Waals surface area contributed by atoms with E-state index in [0.29, 0.717) is 0 Å². The predicted molar refractivity (Wildman–Crippen MR) is 217 cm³/mol. The molecule has 52 heavy (non-hydrogen) atoms. The molecule has 4 nitrogen and oxygen atoms in total. The van der Waals surface area contributed by atoms with Crippen LogP contribution in [-0.2, 0) is 0 Å². The summed E-state index contributed by atoms with van der Waals surface area (Å²) in [7, 11) is 0. The highest BCUT2D eigenvalue weighted by Gasteiger charge is 2.24. The van der Waals surface area contributed by atoms with Crippen LogP contribution >= 0.6 is 0 Å². The molecule has 4 heteroatoms. The first-order valence-electron chi connectivity index (χ1n) is 17.8. The Bertz CT molecular complexity index is 3270. The Labute approximate surface area is 297 Å². The van der Waals surface area contributed by atoms with Gasteiger partial charge in [-0.15, -0.1) is 0 Å². The molecule has 12 aromatic rings. The molecule has 3 aromatic heterocycles. The lowest BCUT2D eigenvalue weighted by Crippen LogP contribution is -2.04. The van der Waals surface area contributed by atoms with Crippen LogP contribution in [0.1, 0.15) is 0 Å². The van der Waals surface area contributed by atoms with Gasteiger partial charge in [-0.05, 0) is 69.4 Å². The lowest BCUT2D eigenvalue weighted by molar-refractivity contribution is 1.08. The fourth-order valence-corrected chi connectivity index (χ4v) is 8.92. The zero-order valence-electron chi connectivity index (χ0n) is 28.0. The van der Waals surface area contributed by atoms with Gasteiger partial charge >= 0.3 is 0 Å². The Morgan fingerprint density at radius 3 is 1.40 bits per heavy atom. The molecule has 3 heterocycles. The molecule has 0 bridgehead atoms. The van der Waals surface area contributed by atoms with E-state index in [1.54, 1.807) is 0 Å². The fraction of sp³-hybridized carbons (Fsp3) is 0. The van der Waals surface area contributed by atoms with Crippen LogP contribution in [-0.4, -0.2) is 19.1 Å². The first-order valence-corrected chi connectivity index (χ1v) is 17.8. The van der Waals surface area contributed by atoms with Gasteiger partial charge in [-0.3, -0.25) is 4.57 Å². The first kappa shape index (κ1) is 27.7. The quantitative estimate of drug-likeness (QED) is 0.177. The van der Waals surface area contributed by atoms with E-state index in [2.05, 4.69) is 179 Å². The van der Waals surface area contributed by atoms with Gasteiger partial charge in [0.05, 0.1) is 33.1 Å². The van der Waals surface area contributed by atoms with Crippen LogP contribution < -0.4 is 0 Å². The van der Waals surface area contributed by atoms with Crippen molar-refractivity contribution in [3.05, 3.63) is 170 Å². The van der Waals surface area contributed by atoms with Crippen molar-refractivity contribution in [1.82, 2.24) is 19.1 Å². The van der Waals surface area contributed by atoms with Crippen LogP contribution in [0.2, 0.25) is 0 Å². The molecule has 240 valence electrons. The average molecular weight is 661 g/mol. The molecule has 0 unspecified atom stereocenters. The standard InChI is InChI=1S/C48H28N4/c1-3-14-30(15-4-1)46-48(49-37-28-27-29-13-7-8-18-32(29)47(37)50-46)52-40-25-11-21-35-33-19-9-23-38-42(33)43-34(36-22-12-26-41(52)45(36)44(35)40)20-10-24-39(43)51(38)31-16-5-2-6-17-31/h1-28H. The van der Waals surface area contributed by atoms with Gasteiger partial charge < -0.3 is 4.57 Å². The SMILES string of the molecule is c1ccc(-c2nc3c(ccc4ccccc43)nc2-n2c3cccc4c5cccc6c5c5c(cccc5n6-c5ccccc5)c5cccc2c5c43)cc1. The van der Waals surface area contributed by atoms with Crippen molar-refractivity contribution in [3.8, 4) is 22.8 Å². The number of fused-ring (bicyclic) bond motifs is 5. The van der Waals surface area contributed by atoms with E-state index in [-0.39, 0.29) is 0 Å². The number of nitrogens with zero attached hydrogens (tertiary/aromatic N) is 4. The molecule has 0 radical (unpaired) electrons. The van der Waals surface area contributed by atoms with Gasteiger partial charge in [0.1, 0.15) is 5.69 Å². The van der Waals surface area contributed by atoms with Crippen molar-refractivity contribution in [2.24, 2.45) is 0 Å². The van der Waals surface area contributed by atoms with Gasteiger partial charge in [0.2, 0.25) is 0 Å². The van der Waals surface area contributed by atoms with E-state index in [1.807, 2.05) is 0 Å². The van der Waals surface area contributed by atoms with Crippen molar-refractivity contribution in [2.45, 2.75) is 0 Å². The molecule has 9 aromatic carbocycles. The minimum absolute atomic E-state index is 0.827. The molecule has 0 fully saturated rings. The maximum atomic E-state index is 5.52. The van der Waals surface area contributed by atoms with Gasteiger partial charge in [-0.25, -0.2) is 9.97 Å². The third-order valence-corrected chi connectivity index (χ3v) is 11.0. The van der Waals surface area contributed by atoms with Crippen LogP contribution in [0.5, 0.6) is 0 Å². The van der Waals surface area contributed by atoms with E-state index < -0.39 is 0 Å². The summed E-state index contributed by atoms with van der Waals surface area (Å²) in [5.41, 5.74) is 9.48. The molecule has 0 aliphatic rings. The zero-order valence-corrected chi connectivity index (χ0v) is 28.0. The molecule has 0 spiro atoms. The minimum atomic E-state index is 0.827. The van der Waals surface area contributed by atoms with Crippen molar-refractivity contribution >= 4 is 87.0 Å². The maximum absolute atomic E-state index is 5.52. The second-order valence-corrected chi connectivity index (χ2v) is 13.7. The lowest BCUT2D eigenvalue weighted by Gasteiger charge is -2.14. The van der Waals surface area contributed by atoms with E-state index in [9.17, 15) is 0 Å². The summed E-state index contributed by atoms with van der Waals surface area (Å²) in [6.45, 7) is 0. The Balaban J connectivity index is 1.30. The van der Waals surface area contributed by atoms with E-state index in [1.165, 1.54) is 54.1 Å². The van der Waals surface area contributed by atoms with Crippen molar-refractivity contribution in [1.29, 1.82) is 0 Å². The predicted octanol–water partition coefficient (Wildman–Crippen LogP) is 12.4.